The molecule has 72 heavy (non-hydrogen) atoms. The van der Waals surface area contributed by atoms with Crippen molar-refractivity contribution in [3.8, 4) is 33.4 Å². The van der Waals surface area contributed by atoms with Gasteiger partial charge < -0.3 is 4.42 Å². The van der Waals surface area contributed by atoms with E-state index in [9.17, 15) is 0 Å². The fourth-order valence-corrected chi connectivity index (χ4v) is 10.2. The van der Waals surface area contributed by atoms with Crippen LogP contribution in [0.1, 0.15) is 70.3 Å². The van der Waals surface area contributed by atoms with Crippen molar-refractivity contribution in [3.63, 3.8) is 0 Å². The Bertz CT molecular complexity index is 3600. The van der Waals surface area contributed by atoms with Gasteiger partial charge >= 0.3 is 0 Å². The number of aryl methyl sites for hydroxylation is 3. The van der Waals surface area contributed by atoms with E-state index in [-0.39, 0.29) is 0 Å². The third-order valence-corrected chi connectivity index (χ3v) is 13.8. The molecule has 11 rings (SSSR count). The van der Waals surface area contributed by atoms with Crippen LogP contribution in [0.25, 0.3) is 66.5 Å². The molecule has 0 spiro atoms. The van der Waals surface area contributed by atoms with Crippen molar-refractivity contribution >= 4 is 33.1 Å². The number of fused-ring (bicyclic) bond motifs is 6. The number of para-hydroxylation sites is 1. The molecule has 0 fully saturated rings. The molecule has 1 heterocycles. The van der Waals surface area contributed by atoms with Gasteiger partial charge in [-0.2, -0.15) is 0 Å². The summed E-state index contributed by atoms with van der Waals surface area (Å²) in [5.74, 6) is 0. The normalized spacial score (nSPS) is 14.0. The monoisotopic (exact) mass is 930 g/mol. The van der Waals surface area contributed by atoms with E-state index >= 15 is 0 Å². The molecule has 1 unspecified atom stereocenters. The van der Waals surface area contributed by atoms with Gasteiger partial charge in [-0.3, -0.25) is 0 Å². The van der Waals surface area contributed by atoms with E-state index in [4.69, 9.17) is 4.42 Å². The Hall–Kier alpha value is -8.52. The zero-order valence-electron chi connectivity index (χ0n) is 42.2. The number of furan rings is 1. The van der Waals surface area contributed by atoms with Crippen LogP contribution in [0.3, 0.4) is 0 Å². The smallest absolute Gasteiger partial charge is 0.136 e. The standard InChI is InChI=1S/C39H34.C19H14O.C13H14/c1-4-6-16-29(5-2)32-24-25-35-37(27-32)39(33-20-11-8-12-21-33,36-23-13-15-28(3)38(35)36)34-22-14-19-31(26-34)30-17-9-7-10-18-30;1-13-6-8-14(9-7-13)15-10-11-17-16-4-2-3-5-18(16)20-19(17)12-15;1-4-6-12(5-2)13-9-7-11(3)8-10-13/h5-27H,4H2,1-3H3;2-12H,1H3;4-10H,1-2H2,3H3/b16-6-,29-5+;;12-6+. The van der Waals surface area contributed by atoms with Crippen LogP contribution in [-0.4, -0.2) is 0 Å². The van der Waals surface area contributed by atoms with E-state index in [1.807, 2.05) is 30.4 Å². The fourth-order valence-electron chi connectivity index (χ4n) is 10.2. The molecule has 1 aromatic heterocycles. The highest BCUT2D eigenvalue weighted by molar-refractivity contribution is 6.06. The molecule has 0 amide bonds. The molecule has 0 bridgehead atoms. The minimum Gasteiger partial charge on any atom is -0.456 e. The maximum absolute atomic E-state index is 5.94. The van der Waals surface area contributed by atoms with E-state index in [0.717, 1.165) is 23.2 Å². The highest BCUT2D eigenvalue weighted by Crippen LogP contribution is 2.57. The van der Waals surface area contributed by atoms with Crippen LogP contribution in [0.2, 0.25) is 0 Å². The van der Waals surface area contributed by atoms with Gasteiger partial charge in [0.15, 0.2) is 0 Å². The second-order valence-electron chi connectivity index (χ2n) is 18.5. The number of hydrogen-bond acceptors (Lipinski definition) is 1. The molecule has 0 radical (unpaired) electrons. The van der Waals surface area contributed by atoms with E-state index in [1.54, 1.807) is 6.08 Å². The molecule has 0 N–H and O–H groups in total. The van der Waals surface area contributed by atoms with Gasteiger partial charge in [-0.25, -0.2) is 0 Å². The summed E-state index contributed by atoms with van der Waals surface area (Å²) in [7, 11) is 0. The van der Waals surface area contributed by atoms with Crippen molar-refractivity contribution in [3.05, 3.63) is 312 Å². The maximum atomic E-state index is 5.94. The summed E-state index contributed by atoms with van der Waals surface area (Å²) >= 11 is 0. The summed E-state index contributed by atoms with van der Waals surface area (Å²) in [4.78, 5) is 0. The van der Waals surface area contributed by atoms with Gasteiger partial charge in [0.1, 0.15) is 11.2 Å². The van der Waals surface area contributed by atoms with Crippen LogP contribution < -0.4 is 0 Å². The van der Waals surface area contributed by atoms with Gasteiger partial charge in [0.2, 0.25) is 0 Å². The molecular formula is C71H62O. The van der Waals surface area contributed by atoms with E-state index in [2.05, 4.69) is 260 Å². The van der Waals surface area contributed by atoms with E-state index in [0.29, 0.717) is 0 Å². The maximum Gasteiger partial charge on any atom is 0.136 e. The fraction of sp³-hybridized carbons (Fsp3) is 0.0986. The Morgan fingerprint density at radius 3 is 1.81 bits per heavy atom. The lowest BCUT2D eigenvalue weighted by molar-refractivity contribution is 0.669. The molecule has 0 saturated heterocycles. The first kappa shape index (κ1) is 48.5. The van der Waals surface area contributed by atoms with Crippen molar-refractivity contribution < 1.29 is 4.42 Å². The van der Waals surface area contributed by atoms with Crippen molar-refractivity contribution in [2.24, 2.45) is 0 Å². The van der Waals surface area contributed by atoms with Crippen molar-refractivity contribution in [2.75, 3.05) is 0 Å². The Morgan fingerprint density at radius 2 is 1.10 bits per heavy atom. The largest absolute Gasteiger partial charge is 0.456 e. The number of rotatable bonds is 10. The number of benzene rings is 9. The van der Waals surface area contributed by atoms with Crippen molar-refractivity contribution in [1.29, 1.82) is 0 Å². The summed E-state index contributed by atoms with van der Waals surface area (Å²) in [5.41, 5.74) is 23.0. The topological polar surface area (TPSA) is 13.1 Å². The van der Waals surface area contributed by atoms with Crippen LogP contribution in [0.4, 0.5) is 0 Å². The Labute approximate surface area is 427 Å². The zero-order valence-corrected chi connectivity index (χ0v) is 42.2. The van der Waals surface area contributed by atoms with Crippen LogP contribution in [0.5, 0.6) is 0 Å². The summed E-state index contributed by atoms with van der Waals surface area (Å²) < 4.78 is 5.94. The third-order valence-electron chi connectivity index (χ3n) is 13.8. The average molecular weight is 931 g/mol. The van der Waals surface area contributed by atoms with Crippen LogP contribution in [0.15, 0.2) is 266 Å². The quantitative estimate of drug-likeness (QED) is 0.125. The molecule has 1 nitrogen and oxygen atoms in total. The molecule has 9 aromatic carbocycles. The molecule has 1 atom stereocenters. The summed E-state index contributed by atoms with van der Waals surface area (Å²) in [6, 6.07) is 76.4. The van der Waals surface area contributed by atoms with E-state index in [1.165, 1.54) is 99.8 Å². The highest BCUT2D eigenvalue weighted by atomic mass is 16.3. The lowest BCUT2D eigenvalue weighted by Gasteiger charge is -2.34. The average Bonchev–Trinajstić information content (AvgIpc) is 3.96. The van der Waals surface area contributed by atoms with Gasteiger partial charge in [0.25, 0.3) is 0 Å². The molecule has 1 aliphatic carbocycles. The summed E-state index contributed by atoms with van der Waals surface area (Å²) in [6.45, 7) is 18.2. The molecule has 10 aromatic rings. The Morgan fingerprint density at radius 1 is 0.500 bits per heavy atom. The summed E-state index contributed by atoms with van der Waals surface area (Å²) in [5, 5.41) is 2.36. The molecule has 1 heteroatoms. The van der Waals surface area contributed by atoms with Crippen LogP contribution in [0, 0.1) is 20.8 Å². The molecular weight excluding hydrogens is 869 g/mol. The lowest BCUT2D eigenvalue weighted by atomic mass is 9.67. The van der Waals surface area contributed by atoms with Gasteiger partial charge in [-0.05, 0) is 148 Å². The van der Waals surface area contributed by atoms with Gasteiger partial charge in [0.05, 0.1) is 5.41 Å². The SMILES string of the molecule is C/C=C(\C=C/CC)c1ccc2c(c1)C(c1ccccc1)(c1cccc(-c3ccccc3)c1)c1cccc(C)c1-2.C=C/C=C(\C=C)c1ccc(C)cc1.Cc1ccc(-c2ccc3c(c2)oc2ccccc23)cc1. The zero-order chi connectivity index (χ0) is 50.0. The second-order valence-corrected chi connectivity index (χ2v) is 18.5. The first-order chi connectivity index (χ1) is 35.3. The first-order valence-electron chi connectivity index (χ1n) is 25.1. The Balaban J connectivity index is 0.000000160. The van der Waals surface area contributed by atoms with Crippen molar-refractivity contribution in [1.82, 2.24) is 0 Å². The van der Waals surface area contributed by atoms with Crippen molar-refractivity contribution in [2.45, 2.75) is 46.5 Å². The molecule has 0 saturated carbocycles. The first-order valence-corrected chi connectivity index (χ1v) is 25.1. The number of hydrogen-bond donors (Lipinski definition) is 0. The van der Waals surface area contributed by atoms with Gasteiger partial charge in [-0.15, -0.1) is 0 Å². The van der Waals surface area contributed by atoms with Crippen LogP contribution >= 0.6 is 0 Å². The predicted molar refractivity (Wildman–Crippen MR) is 310 cm³/mol. The minimum absolute atomic E-state index is 0.425. The lowest BCUT2D eigenvalue weighted by Crippen LogP contribution is -2.28. The molecule has 1 aliphatic rings. The second kappa shape index (κ2) is 22.1. The summed E-state index contributed by atoms with van der Waals surface area (Å²) in [6.07, 6.45) is 13.3. The minimum atomic E-state index is -0.425. The highest BCUT2D eigenvalue weighted by Gasteiger charge is 2.46. The molecule has 0 aliphatic heterocycles. The Kier molecular flexibility index (Phi) is 14.9. The predicted octanol–water partition coefficient (Wildman–Crippen LogP) is 19.7. The van der Waals surface area contributed by atoms with Gasteiger partial charge in [0, 0.05) is 10.8 Å². The van der Waals surface area contributed by atoms with Crippen LogP contribution in [-0.2, 0) is 5.41 Å². The van der Waals surface area contributed by atoms with Gasteiger partial charge in [-0.1, -0.05) is 250 Å². The number of allylic oxidation sites excluding steroid dienone is 8. The molecule has 352 valence electrons. The van der Waals surface area contributed by atoms with E-state index < -0.39 is 5.41 Å². The third kappa shape index (κ3) is 9.80.